The summed E-state index contributed by atoms with van der Waals surface area (Å²) >= 11 is 6.04. The number of hydrogen-bond donors (Lipinski definition) is 3. The number of guanidine groups is 1. The fraction of sp³-hybridized carbons (Fsp3) is 0.300. The minimum Gasteiger partial charge on any atom is -0.496 e. The van der Waals surface area contributed by atoms with Crippen molar-refractivity contribution >= 4 is 23.5 Å². The molecule has 27 heavy (non-hydrogen) atoms. The highest BCUT2D eigenvalue weighted by Crippen LogP contribution is 2.20. The fourth-order valence-corrected chi connectivity index (χ4v) is 2.97. The molecular formula is C20H23ClN4O2. The first-order valence-corrected chi connectivity index (χ1v) is 9.17. The van der Waals surface area contributed by atoms with Crippen molar-refractivity contribution in [1.82, 2.24) is 16.0 Å². The van der Waals surface area contributed by atoms with Crippen LogP contribution in [0.5, 0.6) is 5.75 Å². The predicted molar refractivity (Wildman–Crippen MR) is 107 cm³/mol. The lowest BCUT2D eigenvalue weighted by molar-refractivity contribution is 0.0950. The van der Waals surface area contributed by atoms with Crippen LogP contribution in [0.4, 0.5) is 0 Å². The second-order valence-electron chi connectivity index (χ2n) is 6.30. The number of amides is 1. The van der Waals surface area contributed by atoms with Crippen LogP contribution in [0, 0.1) is 6.92 Å². The minimum atomic E-state index is -0.136. The van der Waals surface area contributed by atoms with E-state index in [-0.39, 0.29) is 5.91 Å². The molecule has 142 valence electrons. The summed E-state index contributed by atoms with van der Waals surface area (Å²) in [6.07, 6.45) is 0. The first kappa shape index (κ1) is 19.0. The summed E-state index contributed by atoms with van der Waals surface area (Å²) in [4.78, 5) is 16.9. The summed E-state index contributed by atoms with van der Waals surface area (Å²) in [7, 11) is 1.62. The first-order valence-electron chi connectivity index (χ1n) is 8.79. The number of nitrogens with one attached hydrogen (secondary N) is 3. The highest BCUT2D eigenvalue weighted by Gasteiger charge is 2.12. The number of carbonyl (C=O) groups is 1. The van der Waals surface area contributed by atoms with Crippen LogP contribution in [0.3, 0.4) is 0 Å². The van der Waals surface area contributed by atoms with Gasteiger partial charge in [-0.1, -0.05) is 23.7 Å². The zero-order valence-electron chi connectivity index (χ0n) is 15.4. The van der Waals surface area contributed by atoms with E-state index in [1.165, 1.54) is 0 Å². The Labute approximate surface area is 164 Å². The van der Waals surface area contributed by atoms with Crippen LogP contribution < -0.4 is 20.7 Å². The minimum absolute atomic E-state index is 0.136. The number of aliphatic imine (C=N–C) groups is 1. The molecule has 0 unspecified atom stereocenters. The van der Waals surface area contributed by atoms with Gasteiger partial charge in [-0.2, -0.15) is 0 Å². The molecule has 0 saturated heterocycles. The number of methoxy groups -OCH3 is 1. The molecule has 2 aromatic carbocycles. The second kappa shape index (κ2) is 8.77. The van der Waals surface area contributed by atoms with E-state index in [2.05, 4.69) is 20.9 Å². The van der Waals surface area contributed by atoms with Crippen LogP contribution in [-0.4, -0.2) is 32.1 Å². The molecule has 1 heterocycles. The molecule has 2 aromatic rings. The molecule has 0 atom stereocenters. The van der Waals surface area contributed by atoms with Crippen molar-refractivity contribution in [2.45, 2.75) is 20.0 Å². The molecule has 0 spiro atoms. The van der Waals surface area contributed by atoms with E-state index >= 15 is 0 Å². The van der Waals surface area contributed by atoms with E-state index < -0.39 is 0 Å². The molecule has 1 aliphatic heterocycles. The van der Waals surface area contributed by atoms with E-state index in [0.717, 1.165) is 46.5 Å². The van der Waals surface area contributed by atoms with Gasteiger partial charge in [0.25, 0.3) is 5.91 Å². The van der Waals surface area contributed by atoms with E-state index in [1.54, 1.807) is 13.2 Å². The number of benzene rings is 2. The Hall–Kier alpha value is -2.73. The number of carbonyl (C=O) groups excluding carboxylic acids is 1. The summed E-state index contributed by atoms with van der Waals surface area (Å²) in [5.41, 5.74) is 3.47. The number of nitrogens with zero attached hydrogens (tertiary/aromatic N) is 1. The third-order valence-corrected chi connectivity index (χ3v) is 4.76. The van der Waals surface area contributed by atoms with E-state index in [4.69, 9.17) is 16.3 Å². The molecule has 0 aromatic heterocycles. The van der Waals surface area contributed by atoms with Gasteiger partial charge in [0.2, 0.25) is 0 Å². The quantitative estimate of drug-likeness (QED) is 0.713. The van der Waals surface area contributed by atoms with Gasteiger partial charge in [-0.05, 0) is 42.3 Å². The van der Waals surface area contributed by atoms with Gasteiger partial charge in [0.1, 0.15) is 5.75 Å². The van der Waals surface area contributed by atoms with Crippen LogP contribution in [0.25, 0.3) is 0 Å². The molecule has 3 rings (SSSR count). The maximum absolute atomic E-state index is 12.5. The number of halogens is 1. The summed E-state index contributed by atoms with van der Waals surface area (Å²) in [6, 6.07) is 11.1. The van der Waals surface area contributed by atoms with Gasteiger partial charge in [0.05, 0.1) is 13.7 Å². The second-order valence-corrected chi connectivity index (χ2v) is 6.71. The molecule has 0 aliphatic carbocycles. The average Bonchev–Trinajstić information content (AvgIpc) is 3.20. The lowest BCUT2D eigenvalue weighted by Crippen LogP contribution is -2.33. The van der Waals surface area contributed by atoms with Crippen LogP contribution in [-0.2, 0) is 13.1 Å². The van der Waals surface area contributed by atoms with Crippen molar-refractivity contribution in [2.75, 3.05) is 20.2 Å². The molecule has 0 radical (unpaired) electrons. The Bertz CT molecular complexity index is 867. The summed E-state index contributed by atoms with van der Waals surface area (Å²) in [6.45, 7) is 4.52. The van der Waals surface area contributed by atoms with Gasteiger partial charge in [-0.25, -0.2) is 0 Å². The number of aryl methyl sites for hydroxylation is 1. The molecule has 3 N–H and O–H groups in total. The lowest BCUT2D eigenvalue weighted by Gasteiger charge is -2.13. The number of ether oxygens (including phenoxy) is 1. The third-order valence-electron chi connectivity index (χ3n) is 4.34. The number of hydrogen-bond acceptors (Lipinski definition) is 5. The predicted octanol–water partition coefficient (Wildman–Crippen LogP) is 2.64. The Morgan fingerprint density at radius 2 is 2.11 bits per heavy atom. The zero-order valence-corrected chi connectivity index (χ0v) is 16.2. The fourth-order valence-electron chi connectivity index (χ4n) is 2.85. The van der Waals surface area contributed by atoms with Gasteiger partial charge in [-0.15, -0.1) is 0 Å². The molecule has 0 fully saturated rings. The molecule has 0 saturated carbocycles. The smallest absolute Gasteiger partial charge is 0.251 e. The largest absolute Gasteiger partial charge is 0.496 e. The highest BCUT2D eigenvalue weighted by atomic mass is 35.5. The van der Waals surface area contributed by atoms with Crippen molar-refractivity contribution < 1.29 is 9.53 Å². The summed E-state index contributed by atoms with van der Waals surface area (Å²) in [5.74, 6) is 1.36. The first-order chi connectivity index (χ1) is 13.1. The van der Waals surface area contributed by atoms with E-state index in [1.807, 2.05) is 37.3 Å². The lowest BCUT2D eigenvalue weighted by atomic mass is 10.1. The van der Waals surface area contributed by atoms with E-state index in [9.17, 15) is 4.79 Å². The molecule has 7 heteroatoms. The van der Waals surface area contributed by atoms with Crippen LogP contribution in [0.15, 0.2) is 41.4 Å². The highest BCUT2D eigenvalue weighted by molar-refractivity contribution is 6.31. The Morgan fingerprint density at radius 1 is 1.26 bits per heavy atom. The topological polar surface area (TPSA) is 74.8 Å². The van der Waals surface area contributed by atoms with Crippen LogP contribution in [0.1, 0.15) is 27.0 Å². The van der Waals surface area contributed by atoms with Gasteiger partial charge in [-0.3, -0.25) is 9.79 Å². The van der Waals surface area contributed by atoms with Crippen LogP contribution in [0.2, 0.25) is 5.02 Å². The maximum atomic E-state index is 12.5. The molecule has 1 amide bonds. The van der Waals surface area contributed by atoms with Crippen molar-refractivity contribution in [1.29, 1.82) is 0 Å². The third kappa shape index (κ3) is 4.92. The Morgan fingerprint density at radius 3 is 2.81 bits per heavy atom. The van der Waals surface area contributed by atoms with Gasteiger partial charge >= 0.3 is 0 Å². The average molecular weight is 387 g/mol. The normalized spacial score (nSPS) is 12.9. The monoisotopic (exact) mass is 386 g/mol. The van der Waals surface area contributed by atoms with Crippen molar-refractivity contribution in [2.24, 2.45) is 4.99 Å². The zero-order chi connectivity index (χ0) is 19.2. The van der Waals surface area contributed by atoms with Gasteiger partial charge < -0.3 is 20.7 Å². The van der Waals surface area contributed by atoms with Crippen molar-refractivity contribution in [3.05, 3.63) is 63.7 Å². The van der Waals surface area contributed by atoms with Gasteiger partial charge in [0.15, 0.2) is 5.96 Å². The number of rotatable bonds is 6. The van der Waals surface area contributed by atoms with E-state index in [0.29, 0.717) is 18.7 Å². The standard InChI is InChI=1S/C20H23ClN4O2/c1-13-9-14(3-5-17(13)21)11-24-19(26)15-4-6-18(27-2)16(10-15)12-25-20-22-7-8-23-20/h3-6,9-10H,7-8,11-12H2,1-2H3,(H,24,26)(H2,22,23,25). The molecule has 6 nitrogen and oxygen atoms in total. The Kier molecular flexibility index (Phi) is 6.19. The summed E-state index contributed by atoms with van der Waals surface area (Å²) < 4.78 is 5.40. The van der Waals surface area contributed by atoms with Gasteiger partial charge in [0, 0.05) is 35.8 Å². The molecule has 0 bridgehead atoms. The summed E-state index contributed by atoms with van der Waals surface area (Å²) in [5, 5.41) is 10.0. The van der Waals surface area contributed by atoms with Crippen LogP contribution >= 0.6 is 11.6 Å². The SMILES string of the molecule is COc1ccc(C(=O)NCc2ccc(Cl)c(C)c2)cc1CNC1=NCCN1. The van der Waals surface area contributed by atoms with Crippen molar-refractivity contribution in [3.8, 4) is 5.75 Å². The Balaban J connectivity index is 1.66. The maximum Gasteiger partial charge on any atom is 0.251 e. The van der Waals surface area contributed by atoms with Crippen molar-refractivity contribution in [3.63, 3.8) is 0 Å². The molecule has 1 aliphatic rings. The molecular weight excluding hydrogens is 364 g/mol.